The number of fused-ring (bicyclic) bond motifs is 2. The maximum atomic E-state index is 6.19. The highest BCUT2D eigenvalue weighted by Crippen LogP contribution is 2.37. The van der Waals surface area contributed by atoms with Gasteiger partial charge in [-0.1, -0.05) is 36.4 Å². The molecule has 210 valence electrons. The first kappa shape index (κ1) is 29.7. The van der Waals surface area contributed by atoms with Gasteiger partial charge in [0.2, 0.25) is 0 Å². The minimum Gasteiger partial charge on any atom is -0.399 e. The zero-order valence-corrected chi connectivity index (χ0v) is 27.1. The van der Waals surface area contributed by atoms with E-state index in [1.165, 1.54) is 77.7 Å². The van der Waals surface area contributed by atoms with Gasteiger partial charge in [0.15, 0.2) is 3.92 Å². The molecule has 0 spiro atoms. The molecular formula is C32H38BBrN2O2S2. The third-order valence-corrected chi connectivity index (χ3v) is 10.5. The van der Waals surface area contributed by atoms with Crippen LogP contribution < -0.4 is 5.46 Å². The molecule has 3 aliphatic rings. The summed E-state index contributed by atoms with van der Waals surface area (Å²) in [6, 6.07) is 13.2. The molecule has 3 heterocycles. The number of hydrogen-bond donors (Lipinski definition) is 0. The van der Waals surface area contributed by atoms with Crippen molar-refractivity contribution in [1.82, 2.24) is 9.97 Å². The Labute approximate surface area is 255 Å². The van der Waals surface area contributed by atoms with Crippen molar-refractivity contribution in [1.29, 1.82) is 0 Å². The van der Waals surface area contributed by atoms with Crippen LogP contribution >= 0.6 is 38.6 Å². The lowest BCUT2D eigenvalue weighted by Gasteiger charge is -2.32. The summed E-state index contributed by atoms with van der Waals surface area (Å²) in [7, 11) is -0.210. The molecule has 40 heavy (non-hydrogen) atoms. The molecule has 0 atom stereocenters. The van der Waals surface area contributed by atoms with Gasteiger partial charge in [-0.25, -0.2) is 9.97 Å². The summed E-state index contributed by atoms with van der Waals surface area (Å²) in [5.41, 5.74) is 8.13. The average molecular weight is 638 g/mol. The number of hydrogen-bond acceptors (Lipinski definition) is 6. The minimum absolute atomic E-state index is 0.210. The smallest absolute Gasteiger partial charge is 0.399 e. The lowest BCUT2D eigenvalue weighted by atomic mass is 9.72. The first-order valence-electron chi connectivity index (χ1n) is 14.3. The monoisotopic (exact) mass is 636 g/mol. The van der Waals surface area contributed by atoms with E-state index in [0.717, 1.165) is 10.3 Å². The standard InChI is InChI=1S/C16H23BO2.C13H13NS.C3H2BrNS/c1-15(2)16(3,4)19-17(18-15)14-11-7-9-12-8-5-6-10-13(12)14;1-2-6-11-10(4-1)5-3-7-12(11)13-14-8-9-15-13;4-3-5-1-2-6-3/h7,9,11H,5-6,8,10H2,1-4H3;3,5,7-9H,1-2,4,6H2;1-2H. The molecule has 4 nitrogen and oxygen atoms in total. The van der Waals surface area contributed by atoms with Crippen LogP contribution in [0.25, 0.3) is 10.6 Å². The first-order chi connectivity index (χ1) is 19.2. The van der Waals surface area contributed by atoms with E-state index in [1.54, 1.807) is 34.4 Å². The molecule has 0 unspecified atom stereocenters. The normalized spacial score (nSPS) is 18.5. The van der Waals surface area contributed by atoms with E-state index in [4.69, 9.17) is 9.31 Å². The Morgan fingerprint density at radius 1 is 0.725 bits per heavy atom. The Hall–Kier alpha value is -1.84. The molecule has 1 aliphatic heterocycles. The van der Waals surface area contributed by atoms with Gasteiger partial charge in [0.25, 0.3) is 0 Å². The van der Waals surface area contributed by atoms with Crippen LogP contribution in [-0.2, 0) is 35.0 Å². The Morgan fingerprint density at radius 3 is 1.88 bits per heavy atom. The Kier molecular flexibility index (Phi) is 9.63. The summed E-state index contributed by atoms with van der Waals surface area (Å²) in [6.45, 7) is 8.45. The second-order valence-electron chi connectivity index (χ2n) is 11.6. The Bertz CT molecular complexity index is 1370. The summed E-state index contributed by atoms with van der Waals surface area (Å²) in [4.78, 5) is 8.26. The number of aryl methyl sites for hydroxylation is 2. The number of rotatable bonds is 2. The van der Waals surface area contributed by atoms with E-state index >= 15 is 0 Å². The van der Waals surface area contributed by atoms with Crippen LogP contribution in [0.4, 0.5) is 0 Å². The summed E-state index contributed by atoms with van der Waals surface area (Å²) in [6.07, 6.45) is 13.7. The summed E-state index contributed by atoms with van der Waals surface area (Å²) in [5.74, 6) is 0. The van der Waals surface area contributed by atoms with Crippen molar-refractivity contribution < 1.29 is 9.31 Å². The molecule has 8 heteroatoms. The van der Waals surface area contributed by atoms with Crippen molar-refractivity contribution in [3.63, 3.8) is 0 Å². The lowest BCUT2D eigenvalue weighted by Crippen LogP contribution is -2.41. The lowest BCUT2D eigenvalue weighted by molar-refractivity contribution is 0.00578. The highest BCUT2D eigenvalue weighted by Gasteiger charge is 2.52. The highest BCUT2D eigenvalue weighted by molar-refractivity contribution is 9.11. The van der Waals surface area contributed by atoms with Gasteiger partial charge in [-0.15, -0.1) is 22.7 Å². The molecule has 0 bridgehead atoms. The number of nitrogens with zero attached hydrogens (tertiary/aromatic N) is 2. The Balaban J connectivity index is 0.000000136. The SMILES string of the molecule is Brc1nccs1.CC1(C)OB(c2cccc3c2CCCC3)OC1(C)C.c1cc2c(c(-c3nccs3)c1)CCCC2. The summed E-state index contributed by atoms with van der Waals surface area (Å²) >= 11 is 6.51. The van der Waals surface area contributed by atoms with Crippen molar-refractivity contribution in [3.8, 4) is 10.6 Å². The largest absolute Gasteiger partial charge is 0.495 e. The zero-order valence-electron chi connectivity index (χ0n) is 23.9. The molecule has 2 aliphatic carbocycles. The van der Waals surface area contributed by atoms with E-state index in [-0.39, 0.29) is 18.3 Å². The molecule has 0 saturated carbocycles. The topological polar surface area (TPSA) is 44.2 Å². The molecule has 0 amide bonds. The molecule has 0 N–H and O–H groups in total. The molecule has 7 rings (SSSR count). The second-order valence-corrected chi connectivity index (χ2v) is 14.6. The molecule has 1 fully saturated rings. The molecule has 2 aromatic heterocycles. The molecule has 0 radical (unpaired) electrons. The van der Waals surface area contributed by atoms with Gasteiger partial charge in [-0.3, -0.25) is 0 Å². The van der Waals surface area contributed by atoms with Crippen LogP contribution in [0.15, 0.2) is 63.5 Å². The molecular weight excluding hydrogens is 599 g/mol. The predicted octanol–water partition coefficient (Wildman–Crippen LogP) is 8.46. The van der Waals surface area contributed by atoms with Crippen molar-refractivity contribution in [2.75, 3.05) is 0 Å². The van der Waals surface area contributed by atoms with E-state index in [0.29, 0.717) is 0 Å². The summed E-state index contributed by atoms with van der Waals surface area (Å²) < 4.78 is 13.3. The maximum absolute atomic E-state index is 6.19. The maximum Gasteiger partial charge on any atom is 0.495 e. The second kappa shape index (κ2) is 13.0. The summed E-state index contributed by atoms with van der Waals surface area (Å²) in [5, 5.41) is 5.15. The fourth-order valence-corrected chi connectivity index (χ4v) is 7.03. The molecule has 4 aromatic rings. The van der Waals surface area contributed by atoms with Gasteiger partial charge in [0.05, 0.1) is 11.2 Å². The number of halogens is 1. The van der Waals surface area contributed by atoms with Crippen LogP contribution in [0.3, 0.4) is 0 Å². The van der Waals surface area contributed by atoms with Gasteiger partial charge < -0.3 is 9.31 Å². The quantitative estimate of drug-likeness (QED) is 0.207. The van der Waals surface area contributed by atoms with E-state index < -0.39 is 0 Å². The number of thiazole rings is 2. The van der Waals surface area contributed by atoms with Crippen molar-refractivity contribution in [2.24, 2.45) is 0 Å². The van der Waals surface area contributed by atoms with Crippen LogP contribution in [0.1, 0.15) is 75.6 Å². The van der Waals surface area contributed by atoms with Gasteiger partial charge in [0.1, 0.15) is 5.01 Å². The highest BCUT2D eigenvalue weighted by atomic mass is 79.9. The van der Waals surface area contributed by atoms with E-state index in [9.17, 15) is 0 Å². The average Bonchev–Trinajstić information content (AvgIpc) is 3.70. The molecule has 2 aromatic carbocycles. The predicted molar refractivity (Wildman–Crippen MR) is 173 cm³/mol. The number of aromatic nitrogens is 2. The van der Waals surface area contributed by atoms with Gasteiger partial charge in [0, 0.05) is 28.7 Å². The third kappa shape index (κ3) is 6.79. The molecule has 1 saturated heterocycles. The van der Waals surface area contributed by atoms with Crippen molar-refractivity contribution in [2.45, 2.75) is 90.3 Å². The van der Waals surface area contributed by atoms with E-state index in [1.807, 2.05) is 11.6 Å². The van der Waals surface area contributed by atoms with Crippen LogP contribution in [0, 0.1) is 0 Å². The van der Waals surface area contributed by atoms with Crippen molar-refractivity contribution >= 4 is 51.2 Å². The van der Waals surface area contributed by atoms with Crippen LogP contribution in [-0.4, -0.2) is 28.3 Å². The zero-order chi connectivity index (χ0) is 28.2. The minimum atomic E-state index is -0.255. The third-order valence-electron chi connectivity index (χ3n) is 8.40. The van der Waals surface area contributed by atoms with Crippen molar-refractivity contribution in [3.05, 3.63) is 85.7 Å². The Morgan fingerprint density at radius 2 is 1.30 bits per heavy atom. The van der Waals surface area contributed by atoms with E-state index in [2.05, 4.69) is 95.4 Å². The first-order valence-corrected chi connectivity index (χ1v) is 16.8. The van der Waals surface area contributed by atoms with Crippen LogP contribution in [0.5, 0.6) is 0 Å². The van der Waals surface area contributed by atoms with Gasteiger partial charge in [-0.2, -0.15) is 0 Å². The van der Waals surface area contributed by atoms with Gasteiger partial charge in [-0.05, 0) is 123 Å². The number of benzene rings is 2. The van der Waals surface area contributed by atoms with Gasteiger partial charge >= 0.3 is 7.12 Å². The fourth-order valence-electron chi connectivity index (χ4n) is 5.55. The van der Waals surface area contributed by atoms with Crippen LogP contribution in [0.2, 0.25) is 0 Å². The fraction of sp³-hybridized carbons (Fsp3) is 0.438.